The maximum Gasteiger partial charge on any atom is 0.425 e. The molecule has 1 spiro atoms. The van der Waals surface area contributed by atoms with E-state index in [1.807, 2.05) is 89.8 Å². The standard InChI is InChI=1S/C28H28N2O5.C24H33N3O7/c1-34-20-8-6-7-19(17-20)30-15-13-28(14-16-30,26(31)32)29-27(33)35-18-25-23-11-4-2-9-21(23)22-10-3-5-12-24(22)25;1-22(2,3)33-20(30)26-18(28)24(27(19(26)29)21(31)34-23(4,5)6)11-13-25(14-12-24)16-9-8-10-17(15-16)32-7/h2-12,17,25H,13-16,18H2,1H3,(H,29,33)(H,31,32);8-10,15H,11-14H2,1-7H3. The van der Waals surface area contributed by atoms with Crippen molar-refractivity contribution in [3.05, 3.63) is 108 Å². The second-order valence-corrected chi connectivity index (χ2v) is 19.5. The molecule has 0 radical (unpaired) electrons. The minimum atomic E-state index is -1.54. The highest BCUT2D eigenvalue weighted by Crippen LogP contribution is 2.45. The Bertz CT molecular complexity index is 2540. The highest BCUT2D eigenvalue weighted by Gasteiger charge is 2.64. The lowest BCUT2D eigenvalue weighted by Crippen LogP contribution is -2.60. The molecule has 69 heavy (non-hydrogen) atoms. The van der Waals surface area contributed by atoms with Crippen LogP contribution in [-0.2, 0) is 23.8 Å². The normalized spacial score (nSPS) is 17.3. The van der Waals surface area contributed by atoms with Gasteiger partial charge in [-0.05, 0) is 114 Å². The number of imide groups is 4. The van der Waals surface area contributed by atoms with Crippen LogP contribution in [0.15, 0.2) is 97.1 Å². The molecule has 0 atom stereocenters. The number of aliphatic carboxylic acids is 1. The summed E-state index contributed by atoms with van der Waals surface area (Å²) < 4.78 is 26.9. The summed E-state index contributed by atoms with van der Waals surface area (Å²) >= 11 is 0. The number of nitrogens with one attached hydrogen (secondary N) is 1. The Balaban J connectivity index is 0.000000204. The fraction of sp³-hybridized carbons (Fsp3) is 0.423. The van der Waals surface area contributed by atoms with E-state index in [4.69, 9.17) is 23.7 Å². The number of anilines is 2. The Hall–Kier alpha value is -7.30. The molecule has 3 aliphatic heterocycles. The van der Waals surface area contributed by atoms with Crippen LogP contribution in [0.2, 0.25) is 0 Å². The number of amides is 6. The van der Waals surface area contributed by atoms with Crippen molar-refractivity contribution in [3.63, 3.8) is 0 Å². The molecule has 3 fully saturated rings. The van der Waals surface area contributed by atoms with Crippen molar-refractivity contribution >= 4 is 47.6 Å². The smallest absolute Gasteiger partial charge is 0.425 e. The van der Waals surface area contributed by atoms with Gasteiger partial charge in [-0.1, -0.05) is 60.7 Å². The Labute approximate surface area is 402 Å². The summed E-state index contributed by atoms with van der Waals surface area (Å²) in [6, 6.07) is 30.3. The van der Waals surface area contributed by atoms with E-state index >= 15 is 0 Å². The lowest BCUT2D eigenvalue weighted by molar-refractivity contribution is -0.145. The van der Waals surface area contributed by atoms with E-state index in [-0.39, 0.29) is 38.2 Å². The number of carbonyl (C=O) groups is 6. The molecule has 17 nitrogen and oxygen atoms in total. The zero-order chi connectivity index (χ0) is 49.9. The number of hydrogen-bond donors (Lipinski definition) is 2. The number of nitrogens with zero attached hydrogens (tertiary/aromatic N) is 4. The van der Waals surface area contributed by atoms with Crippen LogP contribution in [0.3, 0.4) is 0 Å². The molecular formula is C52H61N5O12. The van der Waals surface area contributed by atoms with Crippen molar-refractivity contribution in [1.82, 2.24) is 15.1 Å². The molecule has 8 rings (SSSR count). The molecule has 1 aliphatic carbocycles. The van der Waals surface area contributed by atoms with Crippen LogP contribution in [-0.4, -0.2) is 120 Å². The molecule has 0 aromatic heterocycles. The van der Waals surface area contributed by atoms with Crippen LogP contribution in [0.1, 0.15) is 84.3 Å². The van der Waals surface area contributed by atoms with Gasteiger partial charge in [-0.2, -0.15) is 4.90 Å². The highest BCUT2D eigenvalue weighted by atomic mass is 16.6. The van der Waals surface area contributed by atoms with E-state index in [1.54, 1.807) is 55.8 Å². The predicted octanol–water partition coefficient (Wildman–Crippen LogP) is 8.83. The van der Waals surface area contributed by atoms with E-state index in [9.17, 15) is 33.9 Å². The van der Waals surface area contributed by atoms with Gasteiger partial charge in [0.2, 0.25) is 0 Å². The third-order valence-corrected chi connectivity index (χ3v) is 12.7. The number of piperidine rings is 2. The number of urea groups is 1. The average molecular weight is 948 g/mol. The van der Waals surface area contributed by atoms with Gasteiger partial charge in [0.05, 0.1) is 14.2 Å². The van der Waals surface area contributed by atoms with E-state index in [2.05, 4.69) is 22.3 Å². The third kappa shape index (κ3) is 10.6. The molecule has 4 aliphatic rings. The van der Waals surface area contributed by atoms with Gasteiger partial charge in [-0.25, -0.2) is 28.9 Å². The lowest BCUT2D eigenvalue weighted by Gasteiger charge is -2.42. The summed E-state index contributed by atoms with van der Waals surface area (Å²) in [7, 11) is 3.19. The van der Waals surface area contributed by atoms with Gasteiger partial charge in [0.15, 0.2) is 0 Å². The first-order valence-corrected chi connectivity index (χ1v) is 23.0. The molecule has 4 aromatic carbocycles. The maximum absolute atomic E-state index is 13.6. The molecule has 366 valence electrons. The summed E-state index contributed by atoms with van der Waals surface area (Å²) in [5.41, 5.74) is 1.63. The number of hydrogen-bond acceptors (Lipinski definition) is 13. The highest BCUT2D eigenvalue weighted by molar-refractivity contribution is 6.21. The molecule has 0 bridgehead atoms. The molecule has 17 heteroatoms. The van der Waals surface area contributed by atoms with Crippen LogP contribution in [0, 0.1) is 0 Å². The van der Waals surface area contributed by atoms with E-state index in [0.29, 0.717) is 36.8 Å². The van der Waals surface area contributed by atoms with E-state index < -0.39 is 58.5 Å². The molecule has 6 amide bonds. The first kappa shape index (κ1) is 49.6. The summed E-state index contributed by atoms with van der Waals surface area (Å²) in [6.07, 6.45) is -1.98. The summed E-state index contributed by atoms with van der Waals surface area (Å²) in [5, 5.41) is 12.7. The number of carbonyl (C=O) groups excluding carboxylic acids is 5. The molecule has 4 aromatic rings. The van der Waals surface area contributed by atoms with Gasteiger partial charge in [0.25, 0.3) is 5.91 Å². The van der Waals surface area contributed by atoms with Crippen LogP contribution in [0.25, 0.3) is 11.1 Å². The minimum Gasteiger partial charge on any atom is -0.497 e. The van der Waals surface area contributed by atoms with Crippen molar-refractivity contribution in [1.29, 1.82) is 0 Å². The number of ether oxygens (including phenoxy) is 5. The third-order valence-electron chi connectivity index (χ3n) is 12.7. The number of carboxylic acid groups (broad SMARTS) is 1. The summed E-state index contributed by atoms with van der Waals surface area (Å²) in [4.78, 5) is 83.1. The van der Waals surface area contributed by atoms with Crippen LogP contribution in [0.5, 0.6) is 11.5 Å². The number of rotatable bonds is 8. The molecule has 0 unspecified atom stereocenters. The fourth-order valence-electron chi connectivity index (χ4n) is 9.26. The van der Waals surface area contributed by atoms with Gasteiger partial charge in [-0.15, -0.1) is 0 Å². The topological polar surface area (TPSA) is 194 Å². The van der Waals surface area contributed by atoms with Crippen molar-refractivity contribution in [3.8, 4) is 22.6 Å². The van der Waals surface area contributed by atoms with Crippen molar-refractivity contribution in [2.24, 2.45) is 0 Å². The zero-order valence-electron chi connectivity index (χ0n) is 40.4. The molecule has 0 saturated carbocycles. The Morgan fingerprint density at radius 1 is 0.652 bits per heavy atom. The maximum atomic E-state index is 13.6. The number of carboxylic acids is 1. The van der Waals surface area contributed by atoms with Crippen molar-refractivity contribution in [2.75, 3.05) is 56.8 Å². The first-order chi connectivity index (χ1) is 32.7. The van der Waals surface area contributed by atoms with Crippen molar-refractivity contribution < 1.29 is 57.6 Å². The zero-order valence-corrected chi connectivity index (χ0v) is 40.4. The van der Waals surface area contributed by atoms with Crippen LogP contribution >= 0.6 is 0 Å². The second kappa shape index (κ2) is 19.7. The Morgan fingerprint density at radius 2 is 1.12 bits per heavy atom. The first-order valence-electron chi connectivity index (χ1n) is 23.0. The quantitative estimate of drug-likeness (QED) is 0.126. The van der Waals surface area contributed by atoms with Crippen LogP contribution < -0.4 is 24.6 Å². The molecule has 3 saturated heterocycles. The van der Waals surface area contributed by atoms with E-state index in [1.165, 1.54) is 0 Å². The number of alkyl carbamates (subject to hydrolysis) is 1. The number of fused-ring (bicyclic) bond motifs is 3. The summed E-state index contributed by atoms with van der Waals surface area (Å²) in [5.74, 6) is -0.464. The fourth-order valence-corrected chi connectivity index (χ4v) is 9.26. The largest absolute Gasteiger partial charge is 0.497 e. The minimum absolute atomic E-state index is 0.0798. The van der Waals surface area contributed by atoms with Gasteiger partial charge in [-0.3, -0.25) is 4.79 Å². The Morgan fingerprint density at radius 3 is 1.58 bits per heavy atom. The van der Waals surface area contributed by atoms with Gasteiger partial charge < -0.3 is 43.9 Å². The molecule has 2 N–H and O–H groups in total. The SMILES string of the molecule is COc1cccc(N2CCC(NC(=O)OCC3c4ccccc4-c4ccccc43)(C(=O)O)CC2)c1.COc1cccc(N2CCC3(CC2)C(=O)N(C(=O)OC(C)(C)C)C(=O)N3C(=O)OC(C)(C)C)c1. The van der Waals surface area contributed by atoms with Gasteiger partial charge in [0.1, 0.15) is 40.4 Å². The molecular weight excluding hydrogens is 887 g/mol. The van der Waals surface area contributed by atoms with Crippen molar-refractivity contribution in [2.45, 2.75) is 95.4 Å². The van der Waals surface area contributed by atoms with Gasteiger partial charge in [0, 0.05) is 55.6 Å². The number of methoxy groups -OCH3 is 2. The lowest BCUT2D eigenvalue weighted by atomic mass is 9.86. The average Bonchev–Trinajstić information content (AvgIpc) is 3.74. The monoisotopic (exact) mass is 947 g/mol. The van der Waals surface area contributed by atoms with Gasteiger partial charge >= 0.3 is 30.3 Å². The van der Waals surface area contributed by atoms with E-state index in [0.717, 1.165) is 44.3 Å². The van der Waals surface area contributed by atoms with Crippen LogP contribution in [0.4, 0.5) is 30.6 Å². The Kier molecular flexibility index (Phi) is 14.2. The summed E-state index contributed by atoms with van der Waals surface area (Å²) in [6.45, 7) is 11.7. The second-order valence-electron chi connectivity index (χ2n) is 19.5. The number of benzene rings is 4. The predicted molar refractivity (Wildman–Crippen MR) is 257 cm³/mol. The molecule has 3 heterocycles.